The molecule has 0 amide bonds. The number of nitrogens with one attached hydrogen (secondary N) is 1. The Morgan fingerprint density at radius 1 is 1.29 bits per heavy atom. The van der Waals surface area contributed by atoms with E-state index in [4.69, 9.17) is 21.1 Å². The van der Waals surface area contributed by atoms with Crippen LogP contribution < -0.4 is 15.0 Å². The van der Waals surface area contributed by atoms with Crippen LogP contribution in [0.25, 0.3) is 12.2 Å². The Balaban J connectivity index is 1.85. The summed E-state index contributed by atoms with van der Waals surface area (Å²) >= 11 is 6.01. The molecular weight excluding hydrogens is 433 g/mol. The number of aromatic hydroxyl groups is 1. The minimum Gasteiger partial charge on any atom is -0.493 e. The van der Waals surface area contributed by atoms with Gasteiger partial charge in [0, 0.05) is 5.56 Å². The molecule has 0 spiro atoms. The fourth-order valence-corrected chi connectivity index (χ4v) is 2.84. The normalized spacial score (nSPS) is 10.9. The number of aromatic amines is 1. The third kappa shape index (κ3) is 4.98. The van der Waals surface area contributed by atoms with E-state index in [0.29, 0.717) is 17.1 Å². The molecule has 0 aliphatic rings. The van der Waals surface area contributed by atoms with Crippen molar-refractivity contribution < 1.29 is 23.9 Å². The number of H-pyrrole nitrogens is 1. The number of ether oxygens (including phenoxy) is 2. The molecule has 2 aromatic carbocycles. The SMILES string of the molecule is COc1ccc(/C=C\c2nc(O)c([N+](=O)[O-])c(=O)[nH]2)cc1OCc1c(F)cccc1Cl. The molecule has 160 valence electrons. The number of nitrogens with zero attached hydrogens (tertiary/aromatic N) is 2. The lowest BCUT2D eigenvalue weighted by molar-refractivity contribution is -0.387. The zero-order chi connectivity index (χ0) is 22.5. The molecule has 0 bridgehead atoms. The van der Waals surface area contributed by atoms with Crippen LogP contribution in [0.5, 0.6) is 17.4 Å². The van der Waals surface area contributed by atoms with Crippen molar-refractivity contribution in [3.63, 3.8) is 0 Å². The summed E-state index contributed by atoms with van der Waals surface area (Å²) in [5.41, 5.74) is -1.35. The van der Waals surface area contributed by atoms with Crippen LogP contribution in [0.1, 0.15) is 17.0 Å². The number of aromatic nitrogens is 2. The highest BCUT2D eigenvalue weighted by atomic mass is 35.5. The van der Waals surface area contributed by atoms with Gasteiger partial charge in [0.05, 0.1) is 17.1 Å². The minimum absolute atomic E-state index is 0.0930. The van der Waals surface area contributed by atoms with E-state index in [9.17, 15) is 24.4 Å². The number of rotatable bonds is 7. The summed E-state index contributed by atoms with van der Waals surface area (Å²) in [7, 11) is 1.45. The lowest BCUT2D eigenvalue weighted by atomic mass is 10.1. The number of halogens is 2. The van der Waals surface area contributed by atoms with E-state index in [1.807, 2.05) is 0 Å². The van der Waals surface area contributed by atoms with Gasteiger partial charge in [-0.15, -0.1) is 0 Å². The number of benzene rings is 2. The Labute approximate surface area is 179 Å². The molecule has 9 nitrogen and oxygen atoms in total. The summed E-state index contributed by atoms with van der Waals surface area (Å²) in [5.74, 6) is -0.893. The van der Waals surface area contributed by atoms with Gasteiger partial charge in [0.25, 0.3) is 5.88 Å². The van der Waals surface area contributed by atoms with Crippen LogP contribution in [0.2, 0.25) is 5.02 Å². The second kappa shape index (κ2) is 9.26. The molecule has 0 saturated carbocycles. The zero-order valence-electron chi connectivity index (χ0n) is 16.0. The van der Waals surface area contributed by atoms with Crippen molar-refractivity contribution in [2.45, 2.75) is 6.61 Å². The molecule has 0 unspecified atom stereocenters. The average molecular weight is 448 g/mol. The molecule has 31 heavy (non-hydrogen) atoms. The van der Waals surface area contributed by atoms with Gasteiger partial charge in [-0.05, 0) is 35.9 Å². The first-order chi connectivity index (χ1) is 14.8. The van der Waals surface area contributed by atoms with E-state index >= 15 is 0 Å². The van der Waals surface area contributed by atoms with Crippen LogP contribution in [0, 0.1) is 15.9 Å². The number of hydrogen-bond acceptors (Lipinski definition) is 7. The fraction of sp³-hybridized carbons (Fsp3) is 0.100. The summed E-state index contributed by atoms with van der Waals surface area (Å²) in [6, 6.07) is 9.18. The van der Waals surface area contributed by atoms with Crippen molar-refractivity contribution in [1.29, 1.82) is 0 Å². The maximum Gasteiger partial charge on any atom is 0.395 e. The van der Waals surface area contributed by atoms with E-state index in [0.717, 1.165) is 0 Å². The predicted octanol–water partition coefficient (Wildman–Crippen LogP) is 3.93. The van der Waals surface area contributed by atoms with Crippen molar-refractivity contribution >= 4 is 29.4 Å². The summed E-state index contributed by atoms with van der Waals surface area (Å²) < 4.78 is 24.9. The molecular formula is C20H15ClFN3O6. The van der Waals surface area contributed by atoms with Crippen molar-refractivity contribution in [3.8, 4) is 17.4 Å². The smallest absolute Gasteiger partial charge is 0.395 e. The van der Waals surface area contributed by atoms with Crippen molar-refractivity contribution in [3.05, 3.63) is 84.7 Å². The molecule has 0 saturated heterocycles. The molecule has 11 heteroatoms. The third-order valence-electron chi connectivity index (χ3n) is 4.13. The first kappa shape index (κ1) is 21.8. The van der Waals surface area contributed by atoms with Gasteiger partial charge in [-0.25, -0.2) is 4.39 Å². The predicted molar refractivity (Wildman–Crippen MR) is 111 cm³/mol. The fourth-order valence-electron chi connectivity index (χ4n) is 2.62. The van der Waals surface area contributed by atoms with Crippen molar-refractivity contribution in [2.75, 3.05) is 7.11 Å². The molecule has 1 aromatic heterocycles. The lowest BCUT2D eigenvalue weighted by Crippen LogP contribution is -2.14. The topological polar surface area (TPSA) is 128 Å². The summed E-state index contributed by atoms with van der Waals surface area (Å²) in [5, 5.41) is 20.6. The van der Waals surface area contributed by atoms with Crippen LogP contribution >= 0.6 is 11.6 Å². The highest BCUT2D eigenvalue weighted by Gasteiger charge is 2.21. The van der Waals surface area contributed by atoms with Crippen molar-refractivity contribution in [1.82, 2.24) is 9.97 Å². The Kier molecular flexibility index (Phi) is 6.51. The Bertz CT molecular complexity index is 1210. The number of nitro groups is 1. The number of methoxy groups -OCH3 is 1. The van der Waals surface area contributed by atoms with Gasteiger partial charge in [0.1, 0.15) is 18.2 Å². The van der Waals surface area contributed by atoms with E-state index in [2.05, 4.69) is 9.97 Å². The van der Waals surface area contributed by atoms with Gasteiger partial charge in [-0.2, -0.15) is 4.98 Å². The quantitative estimate of drug-likeness (QED) is 0.414. The van der Waals surface area contributed by atoms with Crippen LogP contribution in [-0.4, -0.2) is 27.1 Å². The van der Waals surface area contributed by atoms with Crippen LogP contribution in [0.4, 0.5) is 10.1 Å². The Morgan fingerprint density at radius 2 is 2.06 bits per heavy atom. The Hall–Kier alpha value is -3.92. The van der Waals surface area contributed by atoms with Gasteiger partial charge < -0.3 is 19.6 Å². The van der Waals surface area contributed by atoms with E-state index in [1.165, 1.54) is 31.4 Å². The van der Waals surface area contributed by atoms with Crippen molar-refractivity contribution in [2.24, 2.45) is 0 Å². The maximum atomic E-state index is 14.0. The summed E-state index contributed by atoms with van der Waals surface area (Å²) in [6.45, 7) is -0.139. The van der Waals surface area contributed by atoms with Gasteiger partial charge >= 0.3 is 11.2 Å². The van der Waals surface area contributed by atoms with Gasteiger partial charge in [-0.1, -0.05) is 29.8 Å². The Morgan fingerprint density at radius 3 is 2.71 bits per heavy atom. The van der Waals surface area contributed by atoms with Crippen LogP contribution in [0.3, 0.4) is 0 Å². The number of hydrogen-bond donors (Lipinski definition) is 2. The van der Waals surface area contributed by atoms with Gasteiger partial charge in [0.15, 0.2) is 11.5 Å². The molecule has 3 rings (SSSR count). The average Bonchev–Trinajstić information content (AvgIpc) is 2.71. The molecule has 0 fully saturated rings. The molecule has 3 aromatic rings. The van der Waals surface area contributed by atoms with E-state index < -0.39 is 27.9 Å². The molecule has 0 aliphatic carbocycles. The lowest BCUT2D eigenvalue weighted by Gasteiger charge is -2.12. The molecule has 1 heterocycles. The molecule has 0 radical (unpaired) electrons. The standard InChI is InChI=1S/C20H15ClFN3O6/c1-30-15-7-5-11(6-8-17-23-19(26)18(25(28)29)20(27)24-17)9-16(15)31-10-12-13(21)3-2-4-14(12)22/h2-9H,10H2,1H3,(H2,23,24,26,27)/b8-6-. The molecule has 0 aliphatic heterocycles. The largest absolute Gasteiger partial charge is 0.493 e. The first-order valence-electron chi connectivity index (χ1n) is 8.69. The van der Waals surface area contributed by atoms with Crippen LogP contribution in [-0.2, 0) is 6.61 Å². The molecule has 0 atom stereocenters. The first-order valence-corrected chi connectivity index (χ1v) is 9.07. The second-order valence-electron chi connectivity index (χ2n) is 6.11. The van der Waals surface area contributed by atoms with Crippen LogP contribution in [0.15, 0.2) is 41.2 Å². The third-order valence-corrected chi connectivity index (χ3v) is 4.49. The summed E-state index contributed by atoms with van der Waals surface area (Å²) in [6.07, 6.45) is 2.86. The summed E-state index contributed by atoms with van der Waals surface area (Å²) in [4.78, 5) is 27.2. The zero-order valence-corrected chi connectivity index (χ0v) is 16.7. The minimum atomic E-state index is -1.09. The highest BCUT2D eigenvalue weighted by Crippen LogP contribution is 2.31. The molecule has 2 N–H and O–H groups in total. The monoisotopic (exact) mass is 447 g/mol. The van der Waals surface area contributed by atoms with E-state index in [-0.39, 0.29) is 23.0 Å². The second-order valence-corrected chi connectivity index (χ2v) is 6.52. The van der Waals surface area contributed by atoms with E-state index in [1.54, 1.807) is 24.3 Å². The van der Waals surface area contributed by atoms with Gasteiger partial charge in [-0.3, -0.25) is 14.9 Å². The highest BCUT2D eigenvalue weighted by molar-refractivity contribution is 6.31. The maximum absolute atomic E-state index is 14.0. The van der Waals surface area contributed by atoms with Gasteiger partial charge in [0.2, 0.25) is 0 Å².